The van der Waals surface area contributed by atoms with E-state index < -0.39 is 40.9 Å². The highest BCUT2D eigenvalue weighted by Crippen LogP contribution is 2.31. The first-order valence-electron chi connectivity index (χ1n) is 9.87. The number of piperazine rings is 1. The highest BCUT2D eigenvalue weighted by atomic mass is 19.4. The van der Waals surface area contributed by atoms with Gasteiger partial charge in [0.15, 0.2) is 5.82 Å². The van der Waals surface area contributed by atoms with Crippen LogP contribution in [-0.4, -0.2) is 70.0 Å². The van der Waals surface area contributed by atoms with Gasteiger partial charge in [-0.3, -0.25) is 4.79 Å². The van der Waals surface area contributed by atoms with Gasteiger partial charge in [-0.25, -0.2) is 24.3 Å². The zero-order valence-electron chi connectivity index (χ0n) is 17.5. The zero-order chi connectivity index (χ0) is 24.0. The minimum Gasteiger partial charge on any atom is -0.445 e. The van der Waals surface area contributed by atoms with Crippen molar-refractivity contribution in [3.8, 4) is 0 Å². The Labute approximate surface area is 185 Å². The monoisotopic (exact) mass is 471 g/mol. The number of carbonyl (C=O) groups excluding carboxylic acids is 1. The number of amides is 1. The first-order valence-corrected chi connectivity index (χ1v) is 9.87. The van der Waals surface area contributed by atoms with Crippen LogP contribution in [0, 0.1) is 5.82 Å². The summed E-state index contributed by atoms with van der Waals surface area (Å²) in [4.78, 5) is 34.8. The van der Waals surface area contributed by atoms with Crippen molar-refractivity contribution in [2.24, 2.45) is 0 Å². The lowest BCUT2D eigenvalue weighted by molar-refractivity contribution is -0.138. The van der Waals surface area contributed by atoms with Gasteiger partial charge in [-0.15, -0.1) is 0 Å². The van der Waals surface area contributed by atoms with Crippen molar-refractivity contribution in [1.82, 2.24) is 25.1 Å². The van der Waals surface area contributed by atoms with Gasteiger partial charge >= 0.3 is 12.3 Å². The number of anilines is 2. The molecule has 0 bridgehead atoms. The molecule has 3 heterocycles. The van der Waals surface area contributed by atoms with Crippen LogP contribution >= 0.6 is 0 Å². The summed E-state index contributed by atoms with van der Waals surface area (Å²) in [5, 5.41) is 7.70. The Hall–Kier alpha value is -3.71. The van der Waals surface area contributed by atoms with E-state index in [4.69, 9.17) is 4.74 Å². The fourth-order valence-electron chi connectivity index (χ4n) is 3.11. The molecule has 1 fully saturated rings. The van der Waals surface area contributed by atoms with E-state index in [0.717, 1.165) is 18.6 Å². The molecule has 2 aromatic rings. The molecule has 0 spiro atoms. The Bertz CT molecular complexity index is 1030. The number of aromatic nitrogens is 4. The largest absolute Gasteiger partial charge is 0.445 e. The summed E-state index contributed by atoms with van der Waals surface area (Å²) in [5.74, 6) is -0.161. The van der Waals surface area contributed by atoms with Crippen molar-refractivity contribution in [3.63, 3.8) is 0 Å². The molecule has 1 amide bonds. The molecule has 3 rings (SSSR count). The summed E-state index contributed by atoms with van der Waals surface area (Å²) in [6.45, 7) is 3.09. The fourth-order valence-corrected chi connectivity index (χ4v) is 3.11. The predicted molar refractivity (Wildman–Crippen MR) is 109 cm³/mol. The molecule has 1 saturated heterocycles. The molecule has 33 heavy (non-hydrogen) atoms. The van der Waals surface area contributed by atoms with Crippen molar-refractivity contribution in [2.45, 2.75) is 19.1 Å². The highest BCUT2D eigenvalue weighted by Gasteiger charge is 2.37. The number of nitrogens with one attached hydrogen (secondary N) is 2. The molecule has 1 aliphatic heterocycles. The number of hydrogen-bond acceptors (Lipinski definition) is 8. The number of alkyl halides is 3. The first kappa shape index (κ1) is 23.9. The molecule has 178 valence electrons. The quantitative estimate of drug-likeness (QED) is 0.486. The van der Waals surface area contributed by atoms with Crippen LogP contribution in [0.25, 0.3) is 0 Å². The smallest absolute Gasteiger partial charge is 0.423 e. The third-order valence-electron chi connectivity index (χ3n) is 4.68. The van der Waals surface area contributed by atoms with E-state index in [1.165, 1.54) is 17.1 Å². The fraction of sp³-hybridized carbons (Fsp3) is 0.421. The van der Waals surface area contributed by atoms with E-state index in [1.807, 2.05) is 4.90 Å². The maximum atomic E-state index is 13.1. The van der Waals surface area contributed by atoms with E-state index >= 15 is 0 Å². The van der Waals surface area contributed by atoms with Crippen LogP contribution < -0.4 is 15.8 Å². The average molecular weight is 471 g/mol. The van der Waals surface area contributed by atoms with Crippen molar-refractivity contribution in [2.75, 3.05) is 43.0 Å². The Kier molecular flexibility index (Phi) is 7.45. The van der Waals surface area contributed by atoms with Gasteiger partial charge in [-0.1, -0.05) is 6.08 Å². The van der Waals surface area contributed by atoms with Gasteiger partial charge in [0.2, 0.25) is 5.95 Å². The SMILES string of the molecule is C[C@H](/C=C/COC(=O)N1CCN(c2ncc(F)cn2)CC1)Nc1cn[nH]c(=O)c1C(F)(F)F. The van der Waals surface area contributed by atoms with Gasteiger partial charge in [0, 0.05) is 32.2 Å². The van der Waals surface area contributed by atoms with Crippen LogP contribution in [0.1, 0.15) is 12.5 Å². The lowest BCUT2D eigenvalue weighted by Crippen LogP contribution is -2.49. The Balaban J connectivity index is 1.45. The van der Waals surface area contributed by atoms with Crippen LogP contribution in [0.5, 0.6) is 0 Å². The molecule has 2 aromatic heterocycles. The third-order valence-corrected chi connectivity index (χ3v) is 4.68. The molecule has 0 radical (unpaired) electrons. The molecule has 0 aliphatic carbocycles. The molecule has 0 unspecified atom stereocenters. The van der Waals surface area contributed by atoms with E-state index in [9.17, 15) is 27.2 Å². The Morgan fingerprint density at radius 1 is 1.24 bits per heavy atom. The molecule has 0 saturated carbocycles. The maximum Gasteiger partial charge on any atom is 0.423 e. The molecule has 1 aliphatic rings. The van der Waals surface area contributed by atoms with Gasteiger partial charge < -0.3 is 19.9 Å². The van der Waals surface area contributed by atoms with Gasteiger partial charge in [0.05, 0.1) is 24.3 Å². The standard InChI is InChI=1S/C19H21F4N7O3/c1-12(27-14-11-26-28-16(31)15(14)19(21,22)23)3-2-8-33-18(32)30-6-4-29(5-7-30)17-24-9-13(20)10-25-17/h2-3,9-12H,4-8H2,1H3,(H2,27,28,31)/b3-2+/t12-/m1/s1. The summed E-state index contributed by atoms with van der Waals surface area (Å²) in [5.41, 5.74) is -3.17. The van der Waals surface area contributed by atoms with Gasteiger partial charge in [0.1, 0.15) is 12.2 Å². The minimum absolute atomic E-state index is 0.0914. The number of aromatic amines is 1. The van der Waals surface area contributed by atoms with Gasteiger partial charge in [-0.2, -0.15) is 18.3 Å². The minimum atomic E-state index is -4.84. The molecule has 10 nitrogen and oxygen atoms in total. The topological polar surface area (TPSA) is 116 Å². The highest BCUT2D eigenvalue weighted by molar-refractivity contribution is 5.68. The molecule has 1 atom stereocenters. The van der Waals surface area contributed by atoms with Crippen molar-refractivity contribution < 1.29 is 27.1 Å². The summed E-state index contributed by atoms with van der Waals surface area (Å²) in [7, 11) is 0. The van der Waals surface area contributed by atoms with Crippen LogP contribution in [0.4, 0.5) is 34.0 Å². The Morgan fingerprint density at radius 3 is 2.55 bits per heavy atom. The first-order chi connectivity index (χ1) is 15.6. The second-order valence-electron chi connectivity index (χ2n) is 7.10. The van der Waals surface area contributed by atoms with Crippen LogP contribution in [0.15, 0.2) is 35.5 Å². The van der Waals surface area contributed by atoms with E-state index in [2.05, 4.69) is 20.4 Å². The van der Waals surface area contributed by atoms with Gasteiger partial charge in [0.25, 0.3) is 5.56 Å². The van der Waals surface area contributed by atoms with Crippen molar-refractivity contribution in [1.29, 1.82) is 0 Å². The molecular weight excluding hydrogens is 450 g/mol. The average Bonchev–Trinajstić information content (AvgIpc) is 2.76. The van der Waals surface area contributed by atoms with Crippen LogP contribution in [-0.2, 0) is 10.9 Å². The van der Waals surface area contributed by atoms with E-state index in [0.29, 0.717) is 32.1 Å². The zero-order valence-corrected chi connectivity index (χ0v) is 17.5. The maximum absolute atomic E-state index is 13.1. The number of H-pyrrole nitrogens is 1. The molecular formula is C19H21F4N7O3. The van der Waals surface area contributed by atoms with Gasteiger partial charge in [-0.05, 0) is 13.0 Å². The number of carbonyl (C=O) groups is 1. The summed E-state index contributed by atoms with van der Waals surface area (Å²) < 4.78 is 57.3. The van der Waals surface area contributed by atoms with E-state index in [-0.39, 0.29) is 6.61 Å². The summed E-state index contributed by atoms with van der Waals surface area (Å²) >= 11 is 0. The predicted octanol–water partition coefficient (Wildman–Crippen LogP) is 2.03. The third kappa shape index (κ3) is 6.40. The Morgan fingerprint density at radius 2 is 1.91 bits per heavy atom. The lowest BCUT2D eigenvalue weighted by atomic mass is 10.2. The molecule has 2 N–H and O–H groups in total. The lowest BCUT2D eigenvalue weighted by Gasteiger charge is -2.33. The second kappa shape index (κ2) is 10.3. The second-order valence-corrected chi connectivity index (χ2v) is 7.10. The number of hydrogen-bond donors (Lipinski definition) is 2. The molecule has 14 heteroatoms. The number of halogens is 4. The number of ether oxygens (including phenoxy) is 1. The number of rotatable bonds is 6. The molecule has 0 aromatic carbocycles. The van der Waals surface area contributed by atoms with Crippen molar-refractivity contribution in [3.05, 3.63) is 52.5 Å². The summed E-state index contributed by atoms with van der Waals surface area (Å²) in [6, 6.07) is -0.604. The van der Waals surface area contributed by atoms with Crippen LogP contribution in [0.3, 0.4) is 0 Å². The van der Waals surface area contributed by atoms with Crippen molar-refractivity contribution >= 4 is 17.7 Å². The van der Waals surface area contributed by atoms with Crippen LogP contribution in [0.2, 0.25) is 0 Å². The van der Waals surface area contributed by atoms with E-state index in [1.54, 1.807) is 12.0 Å². The normalized spacial score (nSPS) is 15.5. The number of nitrogens with zero attached hydrogens (tertiary/aromatic N) is 5. The summed E-state index contributed by atoms with van der Waals surface area (Å²) in [6.07, 6.45) is 0.613.